The van der Waals surface area contributed by atoms with E-state index in [-0.39, 0.29) is 0 Å². The zero-order valence-electron chi connectivity index (χ0n) is 9.98. The molecule has 0 radical (unpaired) electrons. The van der Waals surface area contributed by atoms with Gasteiger partial charge in [0.25, 0.3) is 0 Å². The lowest BCUT2D eigenvalue weighted by Crippen LogP contribution is -2.09. The van der Waals surface area contributed by atoms with Gasteiger partial charge in [-0.2, -0.15) is 0 Å². The monoisotopic (exact) mass is 307 g/mol. The molecule has 0 aliphatic rings. The highest BCUT2D eigenvalue weighted by atomic mass is 79.9. The summed E-state index contributed by atoms with van der Waals surface area (Å²) < 4.78 is 6.64. The Balaban J connectivity index is 2.06. The first kappa shape index (κ1) is 12.9. The lowest BCUT2D eigenvalue weighted by molar-refractivity contribution is 0.299. The van der Waals surface area contributed by atoms with Crippen LogP contribution in [0.4, 0.5) is 5.82 Å². The van der Waals surface area contributed by atoms with Gasteiger partial charge in [0.15, 0.2) is 0 Å². The number of ether oxygens (including phenoxy) is 1. The van der Waals surface area contributed by atoms with Crippen LogP contribution in [0.15, 0.2) is 40.9 Å². The smallest absolute Gasteiger partial charge is 0.140 e. The van der Waals surface area contributed by atoms with E-state index in [4.69, 9.17) is 10.6 Å². The molecular weight excluding hydrogens is 294 g/mol. The Hall–Kier alpha value is -1.59. The number of pyridine rings is 1. The van der Waals surface area contributed by atoms with E-state index >= 15 is 0 Å². The van der Waals surface area contributed by atoms with Gasteiger partial charge >= 0.3 is 0 Å². The molecule has 1 aromatic heterocycles. The van der Waals surface area contributed by atoms with Crippen LogP contribution in [-0.4, -0.2) is 4.98 Å². The van der Waals surface area contributed by atoms with Crippen LogP contribution in [0.1, 0.15) is 11.3 Å². The molecule has 3 N–H and O–H groups in total. The number of halogens is 1. The molecule has 0 atom stereocenters. The summed E-state index contributed by atoms with van der Waals surface area (Å²) in [6.07, 6.45) is 0. The maximum atomic E-state index is 5.70. The number of anilines is 1. The quantitative estimate of drug-likeness (QED) is 0.673. The number of hydrazine groups is 1. The van der Waals surface area contributed by atoms with Crippen LogP contribution in [0.3, 0.4) is 0 Å². The molecule has 0 fully saturated rings. The molecule has 2 rings (SSSR count). The topological polar surface area (TPSA) is 60.2 Å². The van der Waals surface area contributed by atoms with E-state index in [2.05, 4.69) is 26.3 Å². The molecule has 0 amide bonds. The molecule has 0 saturated heterocycles. The van der Waals surface area contributed by atoms with Gasteiger partial charge < -0.3 is 10.2 Å². The van der Waals surface area contributed by atoms with Crippen molar-refractivity contribution in [3.8, 4) is 5.75 Å². The summed E-state index contributed by atoms with van der Waals surface area (Å²) in [6, 6.07) is 11.5. The Morgan fingerprint density at radius 3 is 2.89 bits per heavy atom. The van der Waals surface area contributed by atoms with Crippen LogP contribution in [-0.2, 0) is 6.61 Å². The van der Waals surface area contributed by atoms with Crippen molar-refractivity contribution in [2.75, 3.05) is 5.43 Å². The minimum absolute atomic E-state index is 0.400. The fourth-order valence-electron chi connectivity index (χ4n) is 1.51. The average Bonchev–Trinajstić information content (AvgIpc) is 2.38. The molecule has 0 unspecified atom stereocenters. The standard InChI is InChI=1S/C13H14BrN3O/c1-9-5-6-12(11(14)7-9)18-8-10-3-2-4-13(16-10)17-15/h2-7H,8,15H2,1H3,(H,16,17). The Bertz CT molecular complexity index is 546. The Morgan fingerprint density at radius 1 is 1.33 bits per heavy atom. The first-order valence-corrected chi connectivity index (χ1v) is 6.30. The van der Waals surface area contributed by atoms with Crippen LogP contribution in [0.2, 0.25) is 0 Å². The minimum atomic E-state index is 0.400. The van der Waals surface area contributed by atoms with Crippen LogP contribution < -0.4 is 16.0 Å². The van der Waals surface area contributed by atoms with Crippen LogP contribution in [0, 0.1) is 6.92 Å². The molecule has 0 bridgehead atoms. The fraction of sp³-hybridized carbons (Fsp3) is 0.154. The van der Waals surface area contributed by atoms with Crippen molar-refractivity contribution in [3.63, 3.8) is 0 Å². The number of aryl methyl sites for hydroxylation is 1. The van der Waals surface area contributed by atoms with Crippen molar-refractivity contribution in [1.82, 2.24) is 4.98 Å². The number of aromatic nitrogens is 1. The maximum Gasteiger partial charge on any atom is 0.140 e. The van der Waals surface area contributed by atoms with Gasteiger partial charge in [0.05, 0.1) is 10.2 Å². The molecule has 1 heterocycles. The Labute approximate surface area is 114 Å². The number of nitrogens with one attached hydrogen (secondary N) is 1. The number of rotatable bonds is 4. The zero-order chi connectivity index (χ0) is 13.0. The van der Waals surface area contributed by atoms with Crippen molar-refractivity contribution in [2.24, 2.45) is 5.84 Å². The van der Waals surface area contributed by atoms with Gasteiger partial charge in [-0.25, -0.2) is 10.8 Å². The minimum Gasteiger partial charge on any atom is -0.486 e. The molecule has 1 aromatic carbocycles. The zero-order valence-corrected chi connectivity index (χ0v) is 11.6. The summed E-state index contributed by atoms with van der Waals surface area (Å²) in [5, 5.41) is 0. The second-order valence-corrected chi connectivity index (χ2v) is 4.74. The SMILES string of the molecule is Cc1ccc(OCc2cccc(NN)n2)c(Br)c1. The molecule has 0 aliphatic carbocycles. The summed E-state index contributed by atoms with van der Waals surface area (Å²) in [5.41, 5.74) is 4.51. The lowest BCUT2D eigenvalue weighted by Gasteiger charge is -2.09. The summed E-state index contributed by atoms with van der Waals surface area (Å²) in [7, 11) is 0. The second kappa shape index (κ2) is 5.84. The van der Waals surface area contributed by atoms with Crippen molar-refractivity contribution < 1.29 is 4.74 Å². The third kappa shape index (κ3) is 3.21. The lowest BCUT2D eigenvalue weighted by atomic mass is 10.2. The molecule has 0 aliphatic heterocycles. The summed E-state index contributed by atoms with van der Waals surface area (Å²) in [4.78, 5) is 4.28. The van der Waals surface area contributed by atoms with E-state index < -0.39 is 0 Å². The van der Waals surface area contributed by atoms with E-state index in [0.717, 1.165) is 15.9 Å². The van der Waals surface area contributed by atoms with Gasteiger partial charge in [0, 0.05) is 0 Å². The molecule has 18 heavy (non-hydrogen) atoms. The van der Waals surface area contributed by atoms with Gasteiger partial charge in [-0.3, -0.25) is 0 Å². The predicted octanol–water partition coefficient (Wildman–Crippen LogP) is 3.02. The van der Waals surface area contributed by atoms with Gasteiger partial charge in [0.1, 0.15) is 18.2 Å². The molecule has 4 nitrogen and oxygen atoms in total. The van der Waals surface area contributed by atoms with Crippen molar-refractivity contribution in [2.45, 2.75) is 13.5 Å². The summed E-state index contributed by atoms with van der Waals surface area (Å²) in [5.74, 6) is 6.73. The van der Waals surface area contributed by atoms with Crippen LogP contribution in [0.25, 0.3) is 0 Å². The predicted molar refractivity (Wildman–Crippen MR) is 75.3 cm³/mol. The fourth-order valence-corrected chi connectivity index (χ4v) is 2.12. The second-order valence-electron chi connectivity index (χ2n) is 3.88. The Morgan fingerprint density at radius 2 is 2.17 bits per heavy atom. The van der Waals surface area contributed by atoms with Gasteiger partial charge in [-0.15, -0.1) is 0 Å². The van der Waals surface area contributed by atoms with E-state index in [1.807, 2.05) is 37.3 Å². The molecule has 2 aromatic rings. The third-order valence-electron chi connectivity index (χ3n) is 2.42. The van der Waals surface area contributed by atoms with Crippen LogP contribution in [0.5, 0.6) is 5.75 Å². The number of nitrogen functional groups attached to an aromatic ring is 1. The number of hydrogen-bond acceptors (Lipinski definition) is 4. The number of benzene rings is 1. The molecule has 94 valence electrons. The van der Waals surface area contributed by atoms with E-state index in [9.17, 15) is 0 Å². The highest BCUT2D eigenvalue weighted by Gasteiger charge is 2.03. The number of nitrogens with two attached hydrogens (primary N) is 1. The van der Waals surface area contributed by atoms with Crippen molar-refractivity contribution in [3.05, 3.63) is 52.1 Å². The maximum absolute atomic E-state index is 5.70. The van der Waals surface area contributed by atoms with Gasteiger partial charge in [-0.1, -0.05) is 12.1 Å². The highest BCUT2D eigenvalue weighted by Crippen LogP contribution is 2.26. The van der Waals surface area contributed by atoms with E-state index in [1.54, 1.807) is 6.07 Å². The average molecular weight is 308 g/mol. The van der Waals surface area contributed by atoms with Gasteiger partial charge in [0.2, 0.25) is 0 Å². The molecule has 5 heteroatoms. The van der Waals surface area contributed by atoms with E-state index in [1.165, 1.54) is 5.56 Å². The summed E-state index contributed by atoms with van der Waals surface area (Å²) in [6.45, 7) is 2.43. The first-order chi connectivity index (χ1) is 8.69. The largest absolute Gasteiger partial charge is 0.486 e. The molecule has 0 spiro atoms. The normalized spacial score (nSPS) is 10.2. The highest BCUT2D eigenvalue weighted by molar-refractivity contribution is 9.10. The first-order valence-electron chi connectivity index (χ1n) is 5.50. The summed E-state index contributed by atoms with van der Waals surface area (Å²) >= 11 is 3.47. The van der Waals surface area contributed by atoms with E-state index in [0.29, 0.717) is 12.4 Å². The van der Waals surface area contributed by atoms with Crippen molar-refractivity contribution >= 4 is 21.7 Å². The van der Waals surface area contributed by atoms with Crippen molar-refractivity contribution in [1.29, 1.82) is 0 Å². The third-order valence-corrected chi connectivity index (χ3v) is 3.04. The number of hydrogen-bond donors (Lipinski definition) is 2. The van der Waals surface area contributed by atoms with Crippen LogP contribution >= 0.6 is 15.9 Å². The molecule has 0 saturated carbocycles. The Kier molecular flexibility index (Phi) is 4.17. The molecular formula is C13H14BrN3O. The van der Waals surface area contributed by atoms with Gasteiger partial charge in [-0.05, 0) is 52.7 Å². The number of nitrogens with zero attached hydrogens (tertiary/aromatic N) is 1.